The lowest BCUT2D eigenvalue weighted by molar-refractivity contribution is 0.0987. The normalized spacial score (nSPS) is 15.1. The third kappa shape index (κ3) is 5.41. The van der Waals surface area contributed by atoms with Crippen molar-refractivity contribution in [2.75, 3.05) is 20.1 Å². The average Bonchev–Trinajstić information content (AvgIpc) is 3.36. The maximum atomic E-state index is 13.1. The maximum Gasteiger partial charge on any atom is 0.169 e. The van der Waals surface area contributed by atoms with E-state index in [4.69, 9.17) is 4.74 Å². The molecule has 0 unspecified atom stereocenters. The second kappa shape index (κ2) is 9.96. The predicted molar refractivity (Wildman–Crippen MR) is 137 cm³/mol. The molecule has 0 aliphatic carbocycles. The molecule has 0 bridgehead atoms. The monoisotopic (exact) mass is 469 g/mol. The summed E-state index contributed by atoms with van der Waals surface area (Å²) in [7, 11) is 2.13. The van der Waals surface area contributed by atoms with Crippen LogP contribution in [0.1, 0.15) is 48.8 Å². The van der Waals surface area contributed by atoms with Crippen LogP contribution in [0.25, 0.3) is 22.0 Å². The third-order valence-electron chi connectivity index (χ3n) is 6.57. The fourth-order valence-electron chi connectivity index (χ4n) is 4.43. The van der Waals surface area contributed by atoms with Crippen molar-refractivity contribution in [2.45, 2.75) is 45.3 Å². The molecule has 7 nitrogen and oxygen atoms in total. The van der Waals surface area contributed by atoms with Gasteiger partial charge >= 0.3 is 0 Å². The van der Waals surface area contributed by atoms with Crippen molar-refractivity contribution in [3.8, 4) is 16.9 Å². The van der Waals surface area contributed by atoms with Crippen molar-refractivity contribution in [3.63, 3.8) is 0 Å². The number of carbonyl (C=O) groups is 1. The molecule has 1 fully saturated rings. The van der Waals surface area contributed by atoms with Gasteiger partial charge in [0.25, 0.3) is 0 Å². The van der Waals surface area contributed by atoms with E-state index in [9.17, 15) is 4.79 Å². The Bertz CT molecular complexity index is 1340. The van der Waals surface area contributed by atoms with E-state index in [0.29, 0.717) is 17.3 Å². The highest BCUT2D eigenvalue weighted by Gasteiger charge is 2.19. The number of hydrogen-bond donors (Lipinski definition) is 0. The zero-order valence-electron chi connectivity index (χ0n) is 20.5. The number of fused-ring (bicyclic) bond motifs is 1. The molecule has 7 heteroatoms. The number of nitrogens with zero attached hydrogens (tertiary/aromatic N) is 5. The Morgan fingerprint density at radius 2 is 1.89 bits per heavy atom. The molecule has 0 atom stereocenters. The van der Waals surface area contributed by atoms with Crippen LogP contribution in [0.4, 0.5) is 0 Å². The van der Waals surface area contributed by atoms with Crippen LogP contribution in [0.5, 0.6) is 5.75 Å². The molecule has 4 aromatic rings. The predicted octanol–water partition coefficient (Wildman–Crippen LogP) is 4.97. The number of aromatic nitrogens is 4. The minimum Gasteiger partial charge on any atom is -0.490 e. The first kappa shape index (κ1) is 23.2. The number of carbonyl (C=O) groups excluding carboxylic acids is 1. The molecule has 0 spiro atoms. The number of likely N-dealkylation sites (tertiary alicyclic amines) is 1. The van der Waals surface area contributed by atoms with Gasteiger partial charge in [0.05, 0.1) is 23.8 Å². The van der Waals surface area contributed by atoms with E-state index >= 15 is 0 Å². The third-order valence-corrected chi connectivity index (χ3v) is 6.57. The summed E-state index contributed by atoms with van der Waals surface area (Å²) in [6.07, 6.45) is 6.32. The minimum absolute atomic E-state index is 0.00171. The number of benzene rings is 2. The molecular weight excluding hydrogens is 438 g/mol. The van der Waals surface area contributed by atoms with E-state index in [1.165, 1.54) is 0 Å². The summed E-state index contributed by atoms with van der Waals surface area (Å²) >= 11 is 0. The lowest BCUT2D eigenvalue weighted by Gasteiger charge is -2.29. The van der Waals surface area contributed by atoms with Gasteiger partial charge in [-0.3, -0.25) is 9.48 Å². The molecule has 1 saturated heterocycles. The highest BCUT2D eigenvalue weighted by Crippen LogP contribution is 2.25. The Hall–Kier alpha value is -3.58. The molecule has 0 N–H and O–H groups in total. The van der Waals surface area contributed by atoms with Crippen LogP contribution in [0.2, 0.25) is 0 Å². The van der Waals surface area contributed by atoms with Crippen LogP contribution < -0.4 is 4.74 Å². The number of hydrogen-bond acceptors (Lipinski definition) is 6. The van der Waals surface area contributed by atoms with Gasteiger partial charge in [-0.05, 0) is 69.6 Å². The summed E-state index contributed by atoms with van der Waals surface area (Å²) in [5, 5.41) is 14.0. The fourth-order valence-corrected chi connectivity index (χ4v) is 4.43. The zero-order chi connectivity index (χ0) is 24.4. The Labute approximate surface area is 205 Å². The van der Waals surface area contributed by atoms with Gasteiger partial charge in [0, 0.05) is 41.8 Å². The number of ketones is 1. The van der Waals surface area contributed by atoms with Crippen molar-refractivity contribution < 1.29 is 9.53 Å². The van der Waals surface area contributed by atoms with Gasteiger partial charge < -0.3 is 9.64 Å². The van der Waals surface area contributed by atoms with E-state index in [-0.39, 0.29) is 18.3 Å². The van der Waals surface area contributed by atoms with Crippen LogP contribution in [-0.2, 0) is 6.42 Å². The standard InChI is InChI=1S/C28H31N5O2/c1-19(2)33-18-23(17-29-33)20-7-8-27-22(13-20)14-24(30-31-27)16-28(34)21-5-4-6-26(15-21)35-25-9-11-32(3)12-10-25/h4-8,13-15,17-19,25H,9-12,16H2,1-3H3. The molecule has 1 aliphatic heterocycles. The molecule has 180 valence electrons. The first-order valence-corrected chi connectivity index (χ1v) is 12.2. The van der Waals surface area contributed by atoms with Crippen LogP contribution in [-0.4, -0.2) is 56.9 Å². The van der Waals surface area contributed by atoms with E-state index in [2.05, 4.69) is 47.2 Å². The van der Waals surface area contributed by atoms with Crippen molar-refractivity contribution in [1.29, 1.82) is 0 Å². The van der Waals surface area contributed by atoms with Gasteiger partial charge in [0.15, 0.2) is 5.78 Å². The quantitative estimate of drug-likeness (QED) is 0.356. The van der Waals surface area contributed by atoms with E-state index in [0.717, 1.165) is 53.7 Å². The molecule has 2 aromatic carbocycles. The summed E-state index contributed by atoms with van der Waals surface area (Å²) in [6.45, 7) is 6.27. The SMILES string of the molecule is CC(C)n1cc(-c2ccc3nnc(CC(=O)c4cccc(OC5CCN(C)CC5)c4)cc3c2)cn1. The molecule has 0 radical (unpaired) electrons. The van der Waals surface area contributed by atoms with Crippen LogP contribution in [0.3, 0.4) is 0 Å². The molecular formula is C28H31N5O2. The molecule has 0 saturated carbocycles. The van der Waals surface area contributed by atoms with Gasteiger partial charge in [0.1, 0.15) is 11.9 Å². The topological polar surface area (TPSA) is 73.1 Å². The minimum atomic E-state index is 0.00171. The molecule has 1 aliphatic rings. The van der Waals surface area contributed by atoms with Gasteiger partial charge in [-0.25, -0.2) is 0 Å². The van der Waals surface area contributed by atoms with Crippen LogP contribution >= 0.6 is 0 Å². The van der Waals surface area contributed by atoms with Crippen molar-refractivity contribution in [1.82, 2.24) is 24.9 Å². The average molecular weight is 470 g/mol. The van der Waals surface area contributed by atoms with Gasteiger partial charge in [0.2, 0.25) is 0 Å². The van der Waals surface area contributed by atoms with Gasteiger partial charge in [-0.15, -0.1) is 0 Å². The summed E-state index contributed by atoms with van der Waals surface area (Å²) in [6, 6.07) is 15.8. The first-order valence-electron chi connectivity index (χ1n) is 12.2. The lowest BCUT2D eigenvalue weighted by Crippen LogP contribution is -2.35. The van der Waals surface area contributed by atoms with Crippen molar-refractivity contribution in [2.24, 2.45) is 0 Å². The molecule has 35 heavy (non-hydrogen) atoms. The van der Waals surface area contributed by atoms with Crippen LogP contribution in [0.15, 0.2) is 60.9 Å². The number of Topliss-reactive ketones (excluding diaryl/α,β-unsaturated/α-hetero) is 1. The number of piperidine rings is 1. The highest BCUT2D eigenvalue weighted by molar-refractivity contribution is 5.98. The summed E-state index contributed by atoms with van der Waals surface area (Å²) in [4.78, 5) is 15.4. The molecule has 0 amide bonds. The number of rotatable bonds is 7. The van der Waals surface area contributed by atoms with Gasteiger partial charge in [-0.2, -0.15) is 15.3 Å². The van der Waals surface area contributed by atoms with E-state index < -0.39 is 0 Å². The van der Waals surface area contributed by atoms with Crippen LogP contribution in [0, 0.1) is 0 Å². The molecule has 5 rings (SSSR count). The Balaban J connectivity index is 1.31. The zero-order valence-corrected chi connectivity index (χ0v) is 20.5. The molecule has 3 heterocycles. The van der Waals surface area contributed by atoms with Crippen molar-refractivity contribution in [3.05, 3.63) is 72.2 Å². The summed E-state index contributed by atoms with van der Waals surface area (Å²) < 4.78 is 8.10. The fraction of sp³-hybridized carbons (Fsp3) is 0.357. The Kier molecular flexibility index (Phi) is 6.59. The Morgan fingerprint density at radius 1 is 1.06 bits per heavy atom. The number of ether oxygens (including phenoxy) is 1. The second-order valence-corrected chi connectivity index (χ2v) is 9.66. The first-order chi connectivity index (χ1) is 16.9. The van der Waals surface area contributed by atoms with Gasteiger partial charge in [-0.1, -0.05) is 18.2 Å². The summed E-state index contributed by atoms with van der Waals surface area (Å²) in [5.41, 5.74) is 4.20. The summed E-state index contributed by atoms with van der Waals surface area (Å²) in [5.74, 6) is 0.753. The lowest BCUT2D eigenvalue weighted by atomic mass is 10.0. The highest BCUT2D eigenvalue weighted by atomic mass is 16.5. The smallest absolute Gasteiger partial charge is 0.169 e. The van der Waals surface area contributed by atoms with Crippen molar-refractivity contribution >= 4 is 16.7 Å². The second-order valence-electron chi connectivity index (χ2n) is 9.66. The largest absolute Gasteiger partial charge is 0.490 e. The maximum absolute atomic E-state index is 13.1. The molecule has 2 aromatic heterocycles. The van der Waals surface area contributed by atoms with E-state index in [1.807, 2.05) is 59.5 Å². The van der Waals surface area contributed by atoms with E-state index in [1.54, 1.807) is 0 Å². The Morgan fingerprint density at radius 3 is 2.66 bits per heavy atom.